The summed E-state index contributed by atoms with van der Waals surface area (Å²) < 4.78 is 6.00. The van der Waals surface area contributed by atoms with Gasteiger partial charge in [-0.15, -0.1) is 12.4 Å². The smallest absolute Gasteiger partial charge is 0.227 e. The number of ether oxygens (including phenoxy) is 1. The van der Waals surface area contributed by atoms with Crippen LogP contribution in [0.4, 0.5) is 5.69 Å². The highest BCUT2D eigenvalue weighted by Crippen LogP contribution is 2.26. The molecule has 23 heavy (non-hydrogen) atoms. The Morgan fingerprint density at radius 3 is 2.78 bits per heavy atom. The Kier molecular flexibility index (Phi) is 6.72. The largest absolute Gasteiger partial charge is 0.490 e. The molecule has 1 aromatic carbocycles. The first-order valence-corrected chi connectivity index (χ1v) is 8.51. The van der Waals surface area contributed by atoms with Crippen molar-refractivity contribution in [3.63, 3.8) is 0 Å². The van der Waals surface area contributed by atoms with Crippen molar-refractivity contribution in [2.75, 3.05) is 11.9 Å². The van der Waals surface area contributed by atoms with Gasteiger partial charge in [0.2, 0.25) is 5.91 Å². The van der Waals surface area contributed by atoms with Crippen molar-refractivity contribution in [1.82, 2.24) is 5.32 Å². The van der Waals surface area contributed by atoms with Gasteiger partial charge in [0.05, 0.1) is 6.10 Å². The number of hydrogen-bond acceptors (Lipinski definition) is 3. The number of carbonyl (C=O) groups excluding carboxylic acids is 1. The number of rotatable bonds is 4. The highest BCUT2D eigenvalue weighted by atomic mass is 35.5. The summed E-state index contributed by atoms with van der Waals surface area (Å²) >= 11 is 0. The lowest BCUT2D eigenvalue weighted by molar-refractivity contribution is -0.120. The Labute approximate surface area is 144 Å². The SMILES string of the molecule is C[C@H]1C[C@@H](C(=O)Nc2cccc(OC3CCCC3)c2)CCN1.Cl. The molecule has 2 aliphatic rings. The van der Waals surface area contributed by atoms with E-state index in [-0.39, 0.29) is 24.2 Å². The van der Waals surface area contributed by atoms with Crippen LogP contribution in [-0.4, -0.2) is 24.6 Å². The summed E-state index contributed by atoms with van der Waals surface area (Å²) in [4.78, 5) is 12.4. The number of carbonyl (C=O) groups is 1. The minimum Gasteiger partial charge on any atom is -0.490 e. The van der Waals surface area contributed by atoms with Crippen LogP contribution in [0.1, 0.15) is 45.4 Å². The number of halogens is 1. The Morgan fingerprint density at radius 1 is 1.26 bits per heavy atom. The molecule has 1 aliphatic heterocycles. The van der Waals surface area contributed by atoms with Gasteiger partial charge in [0.15, 0.2) is 0 Å². The lowest BCUT2D eigenvalue weighted by atomic mass is 9.92. The molecule has 128 valence electrons. The molecular weight excluding hydrogens is 312 g/mol. The van der Waals surface area contributed by atoms with E-state index in [1.165, 1.54) is 12.8 Å². The van der Waals surface area contributed by atoms with Crippen molar-refractivity contribution in [3.8, 4) is 5.75 Å². The molecule has 0 unspecified atom stereocenters. The van der Waals surface area contributed by atoms with Gasteiger partial charge in [-0.1, -0.05) is 6.07 Å². The van der Waals surface area contributed by atoms with Crippen molar-refractivity contribution in [1.29, 1.82) is 0 Å². The lowest BCUT2D eigenvalue weighted by Gasteiger charge is -2.27. The quantitative estimate of drug-likeness (QED) is 0.879. The standard InChI is InChI=1S/C18H26N2O2.ClH/c1-13-11-14(9-10-19-13)18(21)20-15-5-4-8-17(12-15)22-16-6-2-3-7-16;/h4-5,8,12-14,16,19H,2-3,6-7,9-11H2,1H3,(H,20,21);1H/t13-,14-;/m0./s1. The van der Waals surface area contributed by atoms with Gasteiger partial charge >= 0.3 is 0 Å². The zero-order valence-electron chi connectivity index (χ0n) is 13.7. The van der Waals surface area contributed by atoms with Crippen LogP contribution in [0.25, 0.3) is 0 Å². The summed E-state index contributed by atoms with van der Waals surface area (Å²) in [5.74, 6) is 1.10. The van der Waals surface area contributed by atoms with Crippen molar-refractivity contribution >= 4 is 24.0 Å². The summed E-state index contributed by atoms with van der Waals surface area (Å²) in [5, 5.41) is 6.43. The molecule has 1 heterocycles. The van der Waals surface area contributed by atoms with Crippen LogP contribution in [0, 0.1) is 5.92 Å². The van der Waals surface area contributed by atoms with Crippen LogP contribution in [-0.2, 0) is 4.79 Å². The highest BCUT2D eigenvalue weighted by molar-refractivity contribution is 5.92. The third-order valence-corrected chi connectivity index (χ3v) is 4.70. The van der Waals surface area contributed by atoms with Gasteiger partial charge < -0.3 is 15.4 Å². The monoisotopic (exact) mass is 338 g/mol. The van der Waals surface area contributed by atoms with Crippen molar-refractivity contribution in [3.05, 3.63) is 24.3 Å². The molecule has 0 radical (unpaired) electrons. The van der Waals surface area contributed by atoms with Crippen LogP contribution < -0.4 is 15.4 Å². The fraction of sp³-hybridized carbons (Fsp3) is 0.611. The fourth-order valence-electron chi connectivity index (χ4n) is 3.46. The maximum atomic E-state index is 12.4. The molecule has 1 saturated heterocycles. The van der Waals surface area contributed by atoms with E-state index in [9.17, 15) is 4.79 Å². The predicted octanol–water partition coefficient (Wildman–Crippen LogP) is 3.76. The van der Waals surface area contributed by atoms with Gasteiger partial charge in [-0.05, 0) is 64.1 Å². The molecule has 0 spiro atoms. The van der Waals surface area contributed by atoms with E-state index in [0.717, 1.165) is 43.7 Å². The average Bonchev–Trinajstić information content (AvgIpc) is 3.00. The number of nitrogens with one attached hydrogen (secondary N) is 2. The van der Waals surface area contributed by atoms with E-state index in [4.69, 9.17) is 4.74 Å². The summed E-state index contributed by atoms with van der Waals surface area (Å²) in [6.07, 6.45) is 6.96. The molecule has 2 fully saturated rings. The first kappa shape index (κ1) is 18.1. The highest BCUT2D eigenvalue weighted by Gasteiger charge is 2.24. The predicted molar refractivity (Wildman–Crippen MR) is 95.4 cm³/mol. The maximum Gasteiger partial charge on any atom is 0.227 e. The molecule has 0 bridgehead atoms. The Morgan fingerprint density at radius 2 is 2.04 bits per heavy atom. The summed E-state index contributed by atoms with van der Waals surface area (Å²) in [7, 11) is 0. The first-order valence-electron chi connectivity index (χ1n) is 8.51. The van der Waals surface area contributed by atoms with Crippen molar-refractivity contribution < 1.29 is 9.53 Å². The number of hydrogen-bond donors (Lipinski definition) is 2. The first-order chi connectivity index (χ1) is 10.7. The second-order valence-corrected chi connectivity index (χ2v) is 6.62. The van der Waals surface area contributed by atoms with E-state index < -0.39 is 0 Å². The molecular formula is C18H27ClN2O2. The third kappa shape index (κ3) is 5.11. The van der Waals surface area contributed by atoms with Gasteiger partial charge in [0.25, 0.3) is 0 Å². The third-order valence-electron chi connectivity index (χ3n) is 4.70. The minimum absolute atomic E-state index is 0. The van der Waals surface area contributed by atoms with E-state index in [1.807, 2.05) is 24.3 Å². The van der Waals surface area contributed by atoms with Crippen LogP contribution in [0.15, 0.2) is 24.3 Å². The molecule has 5 heteroatoms. The van der Waals surface area contributed by atoms with E-state index in [0.29, 0.717) is 12.1 Å². The molecule has 2 N–H and O–H groups in total. The zero-order chi connectivity index (χ0) is 15.4. The van der Waals surface area contributed by atoms with Crippen LogP contribution in [0.5, 0.6) is 5.75 Å². The fourth-order valence-corrected chi connectivity index (χ4v) is 3.46. The number of amides is 1. The van der Waals surface area contributed by atoms with Crippen molar-refractivity contribution in [2.45, 2.75) is 57.6 Å². The van der Waals surface area contributed by atoms with Crippen molar-refractivity contribution in [2.24, 2.45) is 5.92 Å². The average molecular weight is 339 g/mol. The Balaban J connectivity index is 0.00000192. The Hall–Kier alpha value is -1.26. The topological polar surface area (TPSA) is 50.4 Å². The second-order valence-electron chi connectivity index (χ2n) is 6.62. The zero-order valence-corrected chi connectivity index (χ0v) is 14.5. The number of benzene rings is 1. The van der Waals surface area contributed by atoms with E-state index in [2.05, 4.69) is 17.6 Å². The molecule has 2 atom stereocenters. The molecule has 1 aliphatic carbocycles. The van der Waals surface area contributed by atoms with Gasteiger partial charge in [-0.25, -0.2) is 0 Å². The number of piperidine rings is 1. The van der Waals surface area contributed by atoms with Gasteiger partial charge in [0.1, 0.15) is 5.75 Å². The van der Waals surface area contributed by atoms with Gasteiger partial charge in [-0.3, -0.25) is 4.79 Å². The summed E-state index contributed by atoms with van der Waals surface area (Å²) in [5.41, 5.74) is 0.840. The van der Waals surface area contributed by atoms with Crippen LogP contribution >= 0.6 is 12.4 Å². The van der Waals surface area contributed by atoms with Crippen LogP contribution in [0.2, 0.25) is 0 Å². The lowest BCUT2D eigenvalue weighted by Crippen LogP contribution is -2.40. The maximum absolute atomic E-state index is 12.4. The molecule has 1 amide bonds. The van der Waals surface area contributed by atoms with Gasteiger partial charge in [0, 0.05) is 23.7 Å². The van der Waals surface area contributed by atoms with E-state index >= 15 is 0 Å². The van der Waals surface area contributed by atoms with Gasteiger partial charge in [-0.2, -0.15) is 0 Å². The number of anilines is 1. The minimum atomic E-state index is 0. The Bertz CT molecular complexity index is 517. The summed E-state index contributed by atoms with van der Waals surface area (Å²) in [6.45, 7) is 3.06. The van der Waals surface area contributed by atoms with E-state index in [1.54, 1.807) is 0 Å². The molecule has 4 nitrogen and oxygen atoms in total. The molecule has 1 saturated carbocycles. The molecule has 3 rings (SSSR count). The van der Waals surface area contributed by atoms with Crippen LogP contribution in [0.3, 0.4) is 0 Å². The molecule has 0 aromatic heterocycles. The summed E-state index contributed by atoms with van der Waals surface area (Å²) in [6, 6.07) is 8.22. The molecule has 1 aromatic rings. The second kappa shape index (κ2) is 8.55. The normalized spacial score (nSPS) is 24.7.